The summed E-state index contributed by atoms with van der Waals surface area (Å²) in [7, 11) is 3.17. The van der Waals surface area contributed by atoms with E-state index in [2.05, 4.69) is 0 Å². The number of benzene rings is 2. The molecule has 2 aliphatic rings. The van der Waals surface area contributed by atoms with Crippen LogP contribution in [0.5, 0.6) is 11.5 Å². The first kappa shape index (κ1) is 20.1. The van der Waals surface area contributed by atoms with Crippen LogP contribution in [0.2, 0.25) is 0 Å². The first-order valence-electron chi connectivity index (χ1n) is 10.0. The normalized spacial score (nSPS) is 20.3. The van der Waals surface area contributed by atoms with Gasteiger partial charge < -0.3 is 18.9 Å². The average Bonchev–Trinajstić information content (AvgIpc) is 3.22. The van der Waals surface area contributed by atoms with Gasteiger partial charge in [-0.3, -0.25) is 9.69 Å². The molecule has 7 heteroatoms. The van der Waals surface area contributed by atoms with E-state index in [-0.39, 0.29) is 12.6 Å². The molecule has 1 saturated heterocycles. The first-order valence-corrected chi connectivity index (χ1v) is 10.0. The Bertz CT molecular complexity index is 929. The predicted molar refractivity (Wildman–Crippen MR) is 108 cm³/mol. The summed E-state index contributed by atoms with van der Waals surface area (Å²) in [5.41, 5.74) is 2.86. The Kier molecular flexibility index (Phi) is 5.79. The maximum Gasteiger partial charge on any atom is 0.410 e. The Morgan fingerprint density at radius 2 is 1.83 bits per heavy atom. The number of nitrogens with zero attached hydrogens (tertiary/aromatic N) is 1. The molecule has 2 aromatic rings. The smallest absolute Gasteiger partial charge is 0.410 e. The maximum absolute atomic E-state index is 13.0. The summed E-state index contributed by atoms with van der Waals surface area (Å²) < 4.78 is 22.1. The van der Waals surface area contributed by atoms with Crippen LogP contribution in [-0.4, -0.2) is 43.8 Å². The number of carbonyl (C=O) groups is 2. The molecule has 0 aromatic heterocycles. The summed E-state index contributed by atoms with van der Waals surface area (Å²) in [4.78, 5) is 26.5. The second-order valence-corrected chi connectivity index (χ2v) is 7.40. The molecule has 0 bridgehead atoms. The lowest BCUT2D eigenvalue weighted by Crippen LogP contribution is -2.45. The van der Waals surface area contributed by atoms with Crippen LogP contribution in [0.15, 0.2) is 42.5 Å². The SMILES string of the molecule is COc1cc2c(cc1OC)[C@H](C1CCC(=O)O1)N(C(=O)OCc1ccccc1)CC2. The second kappa shape index (κ2) is 8.65. The van der Waals surface area contributed by atoms with Crippen molar-refractivity contribution >= 4 is 12.1 Å². The third-order valence-corrected chi connectivity index (χ3v) is 5.63. The number of hydrogen-bond acceptors (Lipinski definition) is 6. The molecule has 0 saturated carbocycles. The fraction of sp³-hybridized carbons (Fsp3) is 0.391. The van der Waals surface area contributed by atoms with Gasteiger partial charge in [0.15, 0.2) is 11.5 Å². The van der Waals surface area contributed by atoms with E-state index in [1.807, 2.05) is 42.5 Å². The minimum Gasteiger partial charge on any atom is -0.493 e. The Labute approximate surface area is 175 Å². The molecule has 2 heterocycles. The number of ether oxygens (including phenoxy) is 4. The lowest BCUT2D eigenvalue weighted by Gasteiger charge is -2.39. The number of fused-ring (bicyclic) bond motifs is 1. The number of hydrogen-bond donors (Lipinski definition) is 0. The summed E-state index contributed by atoms with van der Waals surface area (Å²) in [6.07, 6.45) is 0.704. The van der Waals surface area contributed by atoms with Gasteiger partial charge in [0.1, 0.15) is 12.7 Å². The molecule has 2 aliphatic heterocycles. The van der Waals surface area contributed by atoms with Gasteiger partial charge in [-0.05, 0) is 41.7 Å². The van der Waals surface area contributed by atoms with Gasteiger partial charge in [0, 0.05) is 13.0 Å². The summed E-state index contributed by atoms with van der Waals surface area (Å²) in [6.45, 7) is 0.654. The Morgan fingerprint density at radius 1 is 1.10 bits per heavy atom. The quantitative estimate of drug-likeness (QED) is 0.700. The van der Waals surface area contributed by atoms with Crippen LogP contribution in [-0.2, 0) is 27.3 Å². The van der Waals surface area contributed by atoms with Crippen molar-refractivity contribution in [3.8, 4) is 11.5 Å². The van der Waals surface area contributed by atoms with E-state index in [0.29, 0.717) is 37.3 Å². The second-order valence-electron chi connectivity index (χ2n) is 7.40. The van der Waals surface area contributed by atoms with Crippen molar-refractivity contribution in [3.05, 3.63) is 59.2 Å². The van der Waals surface area contributed by atoms with Gasteiger partial charge >= 0.3 is 12.1 Å². The standard InChI is InChI=1S/C23H25NO6/c1-27-19-12-16-10-11-24(23(26)29-14-15-6-4-3-5-7-15)22(17(16)13-20(19)28-2)18-8-9-21(25)30-18/h3-7,12-13,18,22H,8-11,14H2,1-2H3/t18?,22-/m1/s1. The van der Waals surface area contributed by atoms with Gasteiger partial charge in [0.05, 0.1) is 20.3 Å². The largest absolute Gasteiger partial charge is 0.493 e. The van der Waals surface area contributed by atoms with E-state index in [1.54, 1.807) is 19.1 Å². The molecule has 7 nitrogen and oxygen atoms in total. The van der Waals surface area contributed by atoms with Crippen LogP contribution in [0.3, 0.4) is 0 Å². The molecule has 1 unspecified atom stereocenters. The number of rotatable bonds is 5. The van der Waals surface area contributed by atoms with Crippen LogP contribution in [0.25, 0.3) is 0 Å². The van der Waals surface area contributed by atoms with Gasteiger partial charge in [0.2, 0.25) is 0 Å². The molecule has 1 amide bonds. The molecule has 0 radical (unpaired) electrons. The maximum atomic E-state index is 13.0. The van der Waals surface area contributed by atoms with Crippen LogP contribution in [0.1, 0.15) is 35.6 Å². The first-order chi connectivity index (χ1) is 14.6. The molecule has 1 fully saturated rings. The summed E-state index contributed by atoms with van der Waals surface area (Å²) in [5.74, 6) is 0.966. The molecule has 0 N–H and O–H groups in total. The number of esters is 1. The summed E-state index contributed by atoms with van der Waals surface area (Å²) in [5, 5.41) is 0. The molecule has 0 spiro atoms. The molecule has 4 rings (SSSR count). The minimum absolute atomic E-state index is 0.187. The lowest BCUT2D eigenvalue weighted by molar-refractivity contribution is -0.143. The van der Waals surface area contributed by atoms with Crippen LogP contribution < -0.4 is 9.47 Å². The van der Waals surface area contributed by atoms with Gasteiger partial charge in [-0.2, -0.15) is 0 Å². The van der Waals surface area contributed by atoms with Gasteiger partial charge in [0.25, 0.3) is 0 Å². The molecule has 2 atom stereocenters. The van der Waals surface area contributed by atoms with Gasteiger partial charge in [-0.15, -0.1) is 0 Å². The van der Waals surface area contributed by atoms with Crippen molar-refractivity contribution in [1.29, 1.82) is 0 Å². The summed E-state index contributed by atoms with van der Waals surface area (Å²) in [6, 6.07) is 12.9. The van der Waals surface area contributed by atoms with Crippen LogP contribution in [0, 0.1) is 0 Å². The number of amides is 1. The van der Waals surface area contributed by atoms with Crippen molar-refractivity contribution in [2.24, 2.45) is 0 Å². The zero-order chi connectivity index (χ0) is 21.1. The molecular formula is C23H25NO6. The van der Waals surface area contributed by atoms with E-state index in [9.17, 15) is 9.59 Å². The fourth-order valence-electron chi connectivity index (χ4n) is 4.15. The topological polar surface area (TPSA) is 74.3 Å². The highest BCUT2D eigenvalue weighted by atomic mass is 16.6. The van der Waals surface area contributed by atoms with Crippen molar-refractivity contribution < 1.29 is 28.5 Å². The predicted octanol–water partition coefficient (Wildman–Crippen LogP) is 3.65. The fourth-order valence-corrected chi connectivity index (χ4v) is 4.15. The third-order valence-electron chi connectivity index (χ3n) is 5.63. The van der Waals surface area contributed by atoms with E-state index in [1.165, 1.54) is 0 Å². The van der Waals surface area contributed by atoms with Crippen molar-refractivity contribution in [1.82, 2.24) is 4.90 Å². The van der Waals surface area contributed by atoms with Crippen LogP contribution in [0.4, 0.5) is 4.79 Å². The third kappa shape index (κ3) is 3.92. The highest BCUT2D eigenvalue weighted by Gasteiger charge is 2.42. The molecule has 30 heavy (non-hydrogen) atoms. The van der Waals surface area contributed by atoms with E-state index in [4.69, 9.17) is 18.9 Å². The highest BCUT2D eigenvalue weighted by Crippen LogP contribution is 2.42. The zero-order valence-corrected chi connectivity index (χ0v) is 17.1. The van der Waals surface area contributed by atoms with E-state index < -0.39 is 18.2 Å². The van der Waals surface area contributed by atoms with Crippen LogP contribution >= 0.6 is 0 Å². The van der Waals surface area contributed by atoms with Crippen molar-refractivity contribution in [2.75, 3.05) is 20.8 Å². The number of methoxy groups -OCH3 is 2. The van der Waals surface area contributed by atoms with E-state index >= 15 is 0 Å². The molecular weight excluding hydrogens is 386 g/mol. The Morgan fingerprint density at radius 3 is 2.50 bits per heavy atom. The molecule has 0 aliphatic carbocycles. The summed E-state index contributed by atoms with van der Waals surface area (Å²) >= 11 is 0. The minimum atomic E-state index is -0.428. The van der Waals surface area contributed by atoms with Gasteiger partial charge in [-0.1, -0.05) is 30.3 Å². The Hall–Kier alpha value is -3.22. The van der Waals surface area contributed by atoms with Crippen molar-refractivity contribution in [2.45, 2.75) is 38.0 Å². The average molecular weight is 411 g/mol. The molecule has 2 aromatic carbocycles. The van der Waals surface area contributed by atoms with Gasteiger partial charge in [-0.25, -0.2) is 4.79 Å². The van der Waals surface area contributed by atoms with Crippen molar-refractivity contribution in [3.63, 3.8) is 0 Å². The molecule has 158 valence electrons. The zero-order valence-electron chi connectivity index (χ0n) is 17.1. The lowest BCUT2D eigenvalue weighted by atomic mass is 9.88. The Balaban J connectivity index is 1.63. The number of carbonyl (C=O) groups excluding carboxylic acids is 2. The number of cyclic esters (lactones) is 1. The highest BCUT2D eigenvalue weighted by molar-refractivity contribution is 5.73. The monoisotopic (exact) mass is 411 g/mol. The van der Waals surface area contributed by atoms with E-state index in [0.717, 1.165) is 16.7 Å².